The van der Waals surface area contributed by atoms with Crippen LogP contribution in [0.1, 0.15) is 47.5 Å². The highest BCUT2D eigenvalue weighted by Crippen LogP contribution is 2.18. The van der Waals surface area contributed by atoms with Gasteiger partial charge in [0.2, 0.25) is 0 Å². The van der Waals surface area contributed by atoms with Gasteiger partial charge in [0.25, 0.3) is 0 Å². The maximum Gasteiger partial charge on any atom is 0.0471 e. The zero-order valence-corrected chi connectivity index (χ0v) is 11.2. The third kappa shape index (κ3) is 10.2. The Labute approximate surface area is 95.8 Å². The van der Waals surface area contributed by atoms with Gasteiger partial charge >= 0.3 is 0 Å². The predicted octanol–water partition coefficient (Wildman–Crippen LogP) is 3.07. The van der Waals surface area contributed by atoms with Crippen molar-refractivity contribution in [2.24, 2.45) is 11.3 Å². The summed E-state index contributed by atoms with van der Waals surface area (Å²) in [5.41, 5.74) is 0.350. The molecule has 1 N–H and O–H groups in total. The summed E-state index contributed by atoms with van der Waals surface area (Å²) < 4.78 is 5.52. The first-order valence-electron chi connectivity index (χ1n) is 6.26. The molecule has 0 aromatic heterocycles. The lowest BCUT2D eigenvalue weighted by atomic mass is 9.89. The Kier molecular flexibility index (Phi) is 8.07. The molecule has 0 unspecified atom stereocenters. The summed E-state index contributed by atoms with van der Waals surface area (Å²) >= 11 is 0. The van der Waals surface area contributed by atoms with Gasteiger partial charge in [-0.25, -0.2) is 0 Å². The largest absolute Gasteiger partial charge is 0.381 e. The van der Waals surface area contributed by atoms with Crippen LogP contribution in [0.4, 0.5) is 0 Å². The van der Waals surface area contributed by atoms with Crippen molar-refractivity contribution in [3.63, 3.8) is 0 Å². The van der Waals surface area contributed by atoms with Crippen molar-refractivity contribution in [3.8, 4) is 0 Å². The Bertz CT molecular complexity index is 143. The zero-order chi connectivity index (χ0) is 11.7. The second-order valence-corrected chi connectivity index (χ2v) is 5.55. The van der Waals surface area contributed by atoms with E-state index in [1.165, 1.54) is 0 Å². The molecule has 92 valence electrons. The number of nitrogens with one attached hydrogen (secondary N) is 1. The van der Waals surface area contributed by atoms with Crippen LogP contribution in [0.5, 0.6) is 0 Å². The minimum Gasteiger partial charge on any atom is -0.381 e. The van der Waals surface area contributed by atoms with Crippen LogP contribution in [-0.2, 0) is 4.74 Å². The van der Waals surface area contributed by atoms with Crippen LogP contribution in [-0.4, -0.2) is 26.3 Å². The molecule has 0 aliphatic rings. The molecule has 0 bridgehead atoms. The molecule has 0 aromatic rings. The normalized spacial score (nSPS) is 12.4. The zero-order valence-electron chi connectivity index (χ0n) is 11.2. The smallest absolute Gasteiger partial charge is 0.0471 e. The van der Waals surface area contributed by atoms with E-state index in [0.717, 1.165) is 45.1 Å². The maximum absolute atomic E-state index is 5.52. The predicted molar refractivity (Wildman–Crippen MR) is 67.2 cm³/mol. The van der Waals surface area contributed by atoms with Gasteiger partial charge in [-0.3, -0.25) is 0 Å². The van der Waals surface area contributed by atoms with Crippen LogP contribution in [0.25, 0.3) is 0 Å². The molecule has 15 heavy (non-hydrogen) atoms. The van der Waals surface area contributed by atoms with Crippen molar-refractivity contribution < 1.29 is 4.74 Å². The van der Waals surface area contributed by atoms with E-state index < -0.39 is 0 Å². The fraction of sp³-hybridized carbons (Fsp3) is 1.00. The summed E-state index contributed by atoms with van der Waals surface area (Å²) in [4.78, 5) is 0. The summed E-state index contributed by atoms with van der Waals surface area (Å²) in [5.74, 6) is 0.733. The van der Waals surface area contributed by atoms with Gasteiger partial charge < -0.3 is 10.1 Å². The molecule has 0 spiro atoms. The van der Waals surface area contributed by atoms with E-state index in [4.69, 9.17) is 4.74 Å². The van der Waals surface area contributed by atoms with Gasteiger partial charge in [-0.2, -0.15) is 0 Å². The van der Waals surface area contributed by atoms with Crippen LogP contribution in [0.3, 0.4) is 0 Å². The first-order chi connectivity index (χ1) is 6.98. The van der Waals surface area contributed by atoms with Gasteiger partial charge in [-0.15, -0.1) is 0 Å². The average molecular weight is 215 g/mol. The van der Waals surface area contributed by atoms with Crippen molar-refractivity contribution in [3.05, 3.63) is 0 Å². The van der Waals surface area contributed by atoms with Crippen LogP contribution in [0, 0.1) is 11.3 Å². The molecule has 0 amide bonds. The molecule has 0 saturated heterocycles. The maximum atomic E-state index is 5.52. The SMILES string of the molecule is CCCOCCC(C)(C)CNCC(C)C. The monoisotopic (exact) mass is 215 g/mol. The second-order valence-electron chi connectivity index (χ2n) is 5.55. The summed E-state index contributed by atoms with van der Waals surface area (Å²) in [5, 5.41) is 3.51. The lowest BCUT2D eigenvalue weighted by Gasteiger charge is -2.25. The summed E-state index contributed by atoms with van der Waals surface area (Å²) in [7, 11) is 0. The van der Waals surface area contributed by atoms with E-state index in [9.17, 15) is 0 Å². The molecule has 2 nitrogen and oxygen atoms in total. The van der Waals surface area contributed by atoms with E-state index in [1.807, 2.05) is 0 Å². The highest BCUT2D eigenvalue weighted by molar-refractivity contribution is 4.71. The summed E-state index contributed by atoms with van der Waals surface area (Å²) in [6.07, 6.45) is 2.25. The molecule has 2 heteroatoms. The lowest BCUT2D eigenvalue weighted by Crippen LogP contribution is -2.32. The first kappa shape index (κ1) is 14.9. The van der Waals surface area contributed by atoms with Crippen LogP contribution in [0.2, 0.25) is 0 Å². The Hall–Kier alpha value is -0.0800. The average Bonchev–Trinajstić information content (AvgIpc) is 2.11. The number of hydrogen-bond donors (Lipinski definition) is 1. The molecular formula is C13H29NO. The van der Waals surface area contributed by atoms with Crippen molar-refractivity contribution in [1.29, 1.82) is 0 Å². The Morgan fingerprint density at radius 1 is 1.20 bits per heavy atom. The van der Waals surface area contributed by atoms with E-state index in [1.54, 1.807) is 0 Å². The van der Waals surface area contributed by atoms with Crippen molar-refractivity contribution in [1.82, 2.24) is 5.32 Å². The van der Waals surface area contributed by atoms with Crippen LogP contribution < -0.4 is 5.32 Å². The fourth-order valence-electron chi connectivity index (χ4n) is 1.38. The number of ether oxygens (including phenoxy) is 1. The van der Waals surface area contributed by atoms with Gasteiger partial charge in [-0.1, -0.05) is 34.6 Å². The molecular weight excluding hydrogens is 186 g/mol. The molecule has 0 radical (unpaired) electrons. The number of rotatable bonds is 9. The quantitative estimate of drug-likeness (QED) is 0.597. The topological polar surface area (TPSA) is 21.3 Å². The highest BCUT2D eigenvalue weighted by atomic mass is 16.5. The molecule has 0 heterocycles. The van der Waals surface area contributed by atoms with Gasteiger partial charge in [0, 0.05) is 19.8 Å². The van der Waals surface area contributed by atoms with Gasteiger partial charge in [-0.05, 0) is 30.7 Å². The van der Waals surface area contributed by atoms with E-state index in [2.05, 4.69) is 39.9 Å². The molecule has 0 aliphatic heterocycles. The van der Waals surface area contributed by atoms with E-state index in [-0.39, 0.29) is 0 Å². The fourth-order valence-corrected chi connectivity index (χ4v) is 1.38. The van der Waals surface area contributed by atoms with Gasteiger partial charge in [0.1, 0.15) is 0 Å². The Morgan fingerprint density at radius 3 is 2.40 bits per heavy atom. The number of hydrogen-bond acceptors (Lipinski definition) is 2. The summed E-state index contributed by atoms with van der Waals surface area (Å²) in [6, 6.07) is 0. The molecule has 0 atom stereocenters. The lowest BCUT2D eigenvalue weighted by molar-refractivity contribution is 0.104. The van der Waals surface area contributed by atoms with Crippen molar-refractivity contribution in [2.45, 2.75) is 47.5 Å². The highest BCUT2D eigenvalue weighted by Gasteiger charge is 2.16. The van der Waals surface area contributed by atoms with Gasteiger partial charge in [0.05, 0.1) is 0 Å². The Balaban J connectivity index is 3.48. The molecule has 0 fully saturated rings. The minimum atomic E-state index is 0.350. The molecule has 0 rings (SSSR count). The minimum absolute atomic E-state index is 0.350. The van der Waals surface area contributed by atoms with Crippen molar-refractivity contribution in [2.75, 3.05) is 26.3 Å². The van der Waals surface area contributed by atoms with Crippen molar-refractivity contribution >= 4 is 0 Å². The third-order valence-corrected chi connectivity index (χ3v) is 2.43. The van der Waals surface area contributed by atoms with Gasteiger partial charge in [0.15, 0.2) is 0 Å². The first-order valence-corrected chi connectivity index (χ1v) is 6.26. The molecule has 0 aliphatic carbocycles. The second kappa shape index (κ2) is 8.12. The van der Waals surface area contributed by atoms with E-state index >= 15 is 0 Å². The van der Waals surface area contributed by atoms with E-state index in [0.29, 0.717) is 5.41 Å². The van der Waals surface area contributed by atoms with Crippen LogP contribution >= 0.6 is 0 Å². The third-order valence-electron chi connectivity index (χ3n) is 2.43. The molecule has 0 aromatic carbocycles. The Morgan fingerprint density at radius 2 is 1.87 bits per heavy atom. The standard InChI is InChI=1S/C13H29NO/c1-6-8-15-9-7-13(4,5)11-14-10-12(2)3/h12,14H,6-11H2,1-5H3. The molecule has 0 saturated carbocycles. The summed E-state index contributed by atoms with van der Waals surface area (Å²) in [6.45, 7) is 15.2. The van der Waals surface area contributed by atoms with Crippen LogP contribution in [0.15, 0.2) is 0 Å².